The minimum Gasteiger partial charge on any atom is -0.465 e. The molecule has 0 aliphatic heterocycles. The monoisotopic (exact) mass is 318 g/mol. The van der Waals surface area contributed by atoms with E-state index in [-0.39, 0.29) is 18.3 Å². The number of ether oxygens (including phenoxy) is 2. The van der Waals surface area contributed by atoms with Crippen molar-refractivity contribution in [2.75, 3.05) is 13.2 Å². The number of hydrogen-bond donors (Lipinski definition) is 0. The highest BCUT2D eigenvalue weighted by atomic mass is 19.1. The van der Waals surface area contributed by atoms with Crippen molar-refractivity contribution in [3.8, 4) is 17.1 Å². The standard InChI is InChI=1S/C17H19FN2O3/c1-4-12-7-8-13(18)9-14(12)15-10-16(19-20(15)5-2)23-11-17(21)22-6-3/h4,7-10H,1,5-6,11H2,2-3H3. The van der Waals surface area contributed by atoms with Crippen molar-refractivity contribution in [2.45, 2.75) is 20.4 Å². The molecule has 0 saturated carbocycles. The van der Waals surface area contributed by atoms with Crippen molar-refractivity contribution in [1.82, 2.24) is 9.78 Å². The topological polar surface area (TPSA) is 53.4 Å². The van der Waals surface area contributed by atoms with E-state index in [0.717, 1.165) is 5.56 Å². The van der Waals surface area contributed by atoms with Gasteiger partial charge in [-0.1, -0.05) is 18.7 Å². The smallest absolute Gasteiger partial charge is 0.344 e. The first-order valence-electron chi connectivity index (χ1n) is 7.37. The number of aromatic nitrogens is 2. The van der Waals surface area contributed by atoms with Gasteiger partial charge in [0.25, 0.3) is 0 Å². The van der Waals surface area contributed by atoms with E-state index >= 15 is 0 Å². The molecule has 0 atom stereocenters. The van der Waals surface area contributed by atoms with Crippen LogP contribution in [0.4, 0.5) is 4.39 Å². The Morgan fingerprint density at radius 3 is 2.83 bits per heavy atom. The van der Waals surface area contributed by atoms with E-state index in [1.54, 1.807) is 29.8 Å². The molecule has 2 rings (SSSR count). The van der Waals surface area contributed by atoms with Crippen LogP contribution in [0.1, 0.15) is 19.4 Å². The molecule has 0 spiro atoms. The molecule has 0 N–H and O–H groups in total. The predicted octanol–water partition coefficient (Wildman–Crippen LogP) is 3.29. The molecule has 6 heteroatoms. The van der Waals surface area contributed by atoms with Gasteiger partial charge in [0, 0.05) is 18.2 Å². The molecule has 23 heavy (non-hydrogen) atoms. The van der Waals surface area contributed by atoms with E-state index in [4.69, 9.17) is 9.47 Å². The molecule has 5 nitrogen and oxygen atoms in total. The maximum Gasteiger partial charge on any atom is 0.344 e. The number of rotatable bonds is 7. The number of halogens is 1. The van der Waals surface area contributed by atoms with Crippen molar-refractivity contribution in [3.05, 3.63) is 42.2 Å². The first-order valence-corrected chi connectivity index (χ1v) is 7.37. The molecule has 0 bridgehead atoms. The lowest BCUT2D eigenvalue weighted by Gasteiger charge is -2.08. The van der Waals surface area contributed by atoms with Crippen molar-refractivity contribution in [3.63, 3.8) is 0 Å². The predicted molar refractivity (Wildman–Crippen MR) is 85.5 cm³/mol. The van der Waals surface area contributed by atoms with E-state index < -0.39 is 5.97 Å². The minimum atomic E-state index is -0.461. The Labute approximate surface area is 134 Å². The number of hydrogen-bond acceptors (Lipinski definition) is 4. The first-order chi connectivity index (χ1) is 11.1. The largest absolute Gasteiger partial charge is 0.465 e. The van der Waals surface area contributed by atoms with Crippen LogP contribution in [0, 0.1) is 5.82 Å². The van der Waals surface area contributed by atoms with E-state index in [1.165, 1.54) is 12.1 Å². The third kappa shape index (κ3) is 3.97. The molecule has 0 unspecified atom stereocenters. The summed E-state index contributed by atoms with van der Waals surface area (Å²) in [7, 11) is 0. The van der Waals surface area contributed by atoms with Crippen LogP contribution in [0.3, 0.4) is 0 Å². The summed E-state index contributed by atoms with van der Waals surface area (Å²) in [5.74, 6) is -0.518. The number of aryl methyl sites for hydroxylation is 1. The van der Waals surface area contributed by atoms with E-state index in [9.17, 15) is 9.18 Å². The average Bonchev–Trinajstić information content (AvgIpc) is 2.96. The third-order valence-electron chi connectivity index (χ3n) is 3.21. The summed E-state index contributed by atoms with van der Waals surface area (Å²) < 4.78 is 25.4. The molecule has 1 aromatic heterocycles. The van der Waals surface area contributed by atoms with E-state index in [1.807, 2.05) is 6.92 Å². The van der Waals surface area contributed by atoms with Gasteiger partial charge in [0.05, 0.1) is 12.3 Å². The highest BCUT2D eigenvalue weighted by Crippen LogP contribution is 2.28. The molecule has 2 aromatic rings. The minimum absolute atomic E-state index is 0.217. The zero-order valence-electron chi connectivity index (χ0n) is 13.2. The van der Waals surface area contributed by atoms with Gasteiger partial charge in [-0.2, -0.15) is 0 Å². The second-order valence-electron chi connectivity index (χ2n) is 4.71. The molecule has 0 aliphatic rings. The fourth-order valence-corrected chi connectivity index (χ4v) is 2.19. The van der Waals surface area contributed by atoms with Crippen LogP contribution in [0.5, 0.6) is 5.88 Å². The van der Waals surface area contributed by atoms with Crippen molar-refractivity contribution < 1.29 is 18.7 Å². The highest BCUT2D eigenvalue weighted by molar-refractivity contribution is 5.74. The van der Waals surface area contributed by atoms with Crippen LogP contribution in [0.2, 0.25) is 0 Å². The molecular formula is C17H19FN2O3. The lowest BCUT2D eigenvalue weighted by Crippen LogP contribution is -2.14. The van der Waals surface area contributed by atoms with Crippen LogP contribution >= 0.6 is 0 Å². The second-order valence-corrected chi connectivity index (χ2v) is 4.71. The van der Waals surface area contributed by atoms with Gasteiger partial charge in [-0.25, -0.2) is 9.18 Å². The molecule has 1 heterocycles. The zero-order valence-corrected chi connectivity index (χ0v) is 13.2. The van der Waals surface area contributed by atoms with Gasteiger partial charge >= 0.3 is 5.97 Å². The van der Waals surface area contributed by atoms with Crippen LogP contribution < -0.4 is 4.74 Å². The fraction of sp³-hybridized carbons (Fsp3) is 0.294. The Hall–Kier alpha value is -2.63. The number of carbonyl (C=O) groups excluding carboxylic acids is 1. The summed E-state index contributed by atoms with van der Waals surface area (Å²) in [5, 5.41) is 4.27. The van der Waals surface area contributed by atoms with Gasteiger partial charge in [-0.05, 0) is 31.5 Å². The van der Waals surface area contributed by atoms with Crippen LogP contribution in [-0.2, 0) is 16.1 Å². The Kier molecular flexibility index (Phi) is 5.51. The first kappa shape index (κ1) is 16.7. The Bertz CT molecular complexity index is 710. The quantitative estimate of drug-likeness (QED) is 0.735. The van der Waals surface area contributed by atoms with Crippen LogP contribution in [0.25, 0.3) is 17.3 Å². The third-order valence-corrected chi connectivity index (χ3v) is 3.21. The van der Waals surface area contributed by atoms with Crippen molar-refractivity contribution >= 4 is 12.0 Å². The summed E-state index contributed by atoms with van der Waals surface area (Å²) in [6.07, 6.45) is 1.65. The van der Waals surface area contributed by atoms with Gasteiger partial charge in [-0.15, -0.1) is 5.10 Å². The molecular weight excluding hydrogens is 299 g/mol. The highest BCUT2D eigenvalue weighted by Gasteiger charge is 2.14. The average molecular weight is 318 g/mol. The SMILES string of the molecule is C=Cc1ccc(F)cc1-c1cc(OCC(=O)OCC)nn1CC. The molecule has 0 aliphatic carbocycles. The summed E-state index contributed by atoms with van der Waals surface area (Å²) in [6, 6.07) is 6.13. The lowest BCUT2D eigenvalue weighted by molar-refractivity contribution is -0.145. The lowest BCUT2D eigenvalue weighted by atomic mass is 10.0. The van der Waals surface area contributed by atoms with Gasteiger partial charge in [0.15, 0.2) is 6.61 Å². The number of esters is 1. The molecule has 0 saturated heterocycles. The summed E-state index contributed by atoms with van der Waals surface area (Å²) in [4.78, 5) is 11.3. The maximum absolute atomic E-state index is 13.6. The number of nitrogens with zero attached hydrogens (tertiary/aromatic N) is 2. The Balaban J connectivity index is 2.31. The molecule has 0 radical (unpaired) electrons. The van der Waals surface area contributed by atoms with Gasteiger partial charge in [-0.3, -0.25) is 4.68 Å². The zero-order chi connectivity index (χ0) is 16.8. The van der Waals surface area contributed by atoms with Crippen molar-refractivity contribution in [1.29, 1.82) is 0 Å². The second kappa shape index (κ2) is 7.58. The van der Waals surface area contributed by atoms with Crippen LogP contribution in [-0.4, -0.2) is 29.0 Å². The Morgan fingerprint density at radius 2 is 2.17 bits per heavy atom. The molecule has 1 aromatic carbocycles. The molecule has 0 fully saturated rings. The normalized spacial score (nSPS) is 10.4. The molecule has 0 amide bonds. The summed E-state index contributed by atoms with van der Waals surface area (Å²) in [5.41, 5.74) is 2.15. The van der Waals surface area contributed by atoms with Gasteiger partial charge in [0.2, 0.25) is 5.88 Å². The molecule has 122 valence electrons. The number of carbonyl (C=O) groups is 1. The fourth-order valence-electron chi connectivity index (χ4n) is 2.19. The Morgan fingerprint density at radius 1 is 1.39 bits per heavy atom. The van der Waals surface area contributed by atoms with E-state index in [2.05, 4.69) is 11.7 Å². The van der Waals surface area contributed by atoms with E-state index in [0.29, 0.717) is 24.4 Å². The maximum atomic E-state index is 13.6. The van der Waals surface area contributed by atoms with Crippen molar-refractivity contribution in [2.24, 2.45) is 0 Å². The number of benzene rings is 1. The summed E-state index contributed by atoms with van der Waals surface area (Å²) >= 11 is 0. The van der Waals surface area contributed by atoms with Crippen LogP contribution in [0.15, 0.2) is 30.8 Å². The van der Waals surface area contributed by atoms with Gasteiger partial charge < -0.3 is 9.47 Å². The summed E-state index contributed by atoms with van der Waals surface area (Å²) in [6.45, 7) is 8.04. The van der Waals surface area contributed by atoms with Gasteiger partial charge in [0.1, 0.15) is 5.82 Å².